The van der Waals surface area contributed by atoms with Crippen LogP contribution in [0.2, 0.25) is 0 Å². The zero-order valence-corrected chi connectivity index (χ0v) is 9.12. The largest absolute Gasteiger partial charge is 0.395 e. The van der Waals surface area contributed by atoms with E-state index >= 15 is 0 Å². The quantitative estimate of drug-likeness (QED) is 0.768. The first kappa shape index (κ1) is 11.9. The third kappa shape index (κ3) is 2.87. The van der Waals surface area contributed by atoms with E-state index in [2.05, 4.69) is 0 Å². The van der Waals surface area contributed by atoms with Gasteiger partial charge in [-0.3, -0.25) is 4.79 Å². The highest BCUT2D eigenvalue weighted by Gasteiger charge is 2.13. The normalized spacial score (nSPS) is 11.3. The number of hydrogen-bond donors (Lipinski definition) is 1. The maximum atomic E-state index is 11.5. The average Bonchev–Trinajstić information content (AvgIpc) is 2.18. The van der Waals surface area contributed by atoms with E-state index in [9.17, 15) is 13.2 Å². The Morgan fingerprint density at radius 3 is 2.20 bits per heavy atom. The van der Waals surface area contributed by atoms with Gasteiger partial charge in [0.25, 0.3) is 0 Å². The van der Waals surface area contributed by atoms with E-state index in [-0.39, 0.29) is 16.4 Å². The van der Waals surface area contributed by atoms with Crippen molar-refractivity contribution in [3.8, 4) is 0 Å². The van der Waals surface area contributed by atoms with Crippen LogP contribution in [0.4, 0.5) is 0 Å². The second-order valence-electron chi connectivity index (χ2n) is 3.12. The summed E-state index contributed by atoms with van der Waals surface area (Å²) in [6.45, 7) is 1.01. The topological polar surface area (TPSA) is 71.4 Å². The van der Waals surface area contributed by atoms with Crippen LogP contribution in [0.25, 0.3) is 0 Å². The lowest BCUT2D eigenvalue weighted by Crippen LogP contribution is -2.10. The summed E-state index contributed by atoms with van der Waals surface area (Å²) in [6.07, 6.45) is 0. The number of carbonyl (C=O) groups excluding carboxylic acids is 1. The molecule has 0 unspecified atom stereocenters. The highest BCUT2D eigenvalue weighted by molar-refractivity contribution is 7.91. The second kappa shape index (κ2) is 4.55. The van der Waals surface area contributed by atoms with E-state index in [1.807, 2.05) is 0 Å². The SMILES string of the molecule is CC(=O)c1ccc(S(=O)(=O)CCO)cc1. The molecule has 0 aliphatic heterocycles. The van der Waals surface area contributed by atoms with Crippen LogP contribution in [0.1, 0.15) is 17.3 Å². The van der Waals surface area contributed by atoms with Crippen LogP contribution in [-0.2, 0) is 9.84 Å². The molecule has 0 bridgehead atoms. The lowest BCUT2D eigenvalue weighted by atomic mass is 10.2. The molecular weight excluding hydrogens is 216 g/mol. The van der Waals surface area contributed by atoms with Crippen LogP contribution in [0.15, 0.2) is 29.2 Å². The van der Waals surface area contributed by atoms with E-state index in [0.717, 1.165) is 0 Å². The Morgan fingerprint density at radius 1 is 1.27 bits per heavy atom. The number of aliphatic hydroxyl groups is 1. The molecule has 1 aromatic carbocycles. The van der Waals surface area contributed by atoms with Gasteiger partial charge in [-0.05, 0) is 19.1 Å². The first-order chi connectivity index (χ1) is 6.97. The van der Waals surface area contributed by atoms with Crippen molar-refractivity contribution in [2.75, 3.05) is 12.4 Å². The maximum absolute atomic E-state index is 11.5. The minimum atomic E-state index is -3.41. The fraction of sp³-hybridized carbons (Fsp3) is 0.300. The van der Waals surface area contributed by atoms with Crippen molar-refractivity contribution in [1.29, 1.82) is 0 Å². The molecule has 4 nitrogen and oxygen atoms in total. The first-order valence-electron chi connectivity index (χ1n) is 4.42. The van der Waals surface area contributed by atoms with Gasteiger partial charge in [-0.25, -0.2) is 8.42 Å². The van der Waals surface area contributed by atoms with Gasteiger partial charge in [0, 0.05) is 5.56 Å². The van der Waals surface area contributed by atoms with E-state index in [0.29, 0.717) is 5.56 Å². The molecule has 82 valence electrons. The summed E-state index contributed by atoms with van der Waals surface area (Å²) in [5.41, 5.74) is 0.470. The van der Waals surface area contributed by atoms with Crippen LogP contribution in [0, 0.1) is 0 Å². The summed E-state index contributed by atoms with van der Waals surface area (Å²) in [7, 11) is -3.41. The minimum Gasteiger partial charge on any atom is -0.395 e. The van der Waals surface area contributed by atoms with Gasteiger partial charge in [-0.1, -0.05) is 12.1 Å². The zero-order chi connectivity index (χ0) is 11.5. The van der Waals surface area contributed by atoms with E-state index in [1.54, 1.807) is 0 Å². The Morgan fingerprint density at radius 2 is 1.80 bits per heavy atom. The van der Waals surface area contributed by atoms with Crippen LogP contribution >= 0.6 is 0 Å². The number of Topliss-reactive ketones (excluding diaryl/α,β-unsaturated/α-hetero) is 1. The smallest absolute Gasteiger partial charge is 0.180 e. The van der Waals surface area contributed by atoms with Gasteiger partial charge in [0.15, 0.2) is 15.6 Å². The van der Waals surface area contributed by atoms with Crippen LogP contribution < -0.4 is 0 Å². The lowest BCUT2D eigenvalue weighted by molar-refractivity contribution is 0.101. The molecule has 0 atom stereocenters. The molecular formula is C10H12O4S. The lowest BCUT2D eigenvalue weighted by Gasteiger charge is -2.02. The summed E-state index contributed by atoms with van der Waals surface area (Å²) in [6, 6.07) is 5.68. The molecule has 0 saturated carbocycles. The number of sulfone groups is 1. The summed E-state index contributed by atoms with van der Waals surface area (Å²) < 4.78 is 22.9. The molecule has 0 aliphatic carbocycles. The molecule has 0 radical (unpaired) electrons. The number of hydrogen-bond acceptors (Lipinski definition) is 4. The molecule has 0 fully saturated rings. The first-order valence-corrected chi connectivity index (χ1v) is 6.07. The molecule has 0 aliphatic rings. The standard InChI is InChI=1S/C10H12O4S/c1-8(12)9-2-4-10(5-3-9)15(13,14)7-6-11/h2-5,11H,6-7H2,1H3. The van der Waals surface area contributed by atoms with Crippen molar-refractivity contribution in [1.82, 2.24) is 0 Å². The Hall–Kier alpha value is -1.20. The number of benzene rings is 1. The molecule has 0 heterocycles. The molecule has 1 rings (SSSR count). The van der Waals surface area contributed by atoms with Crippen molar-refractivity contribution in [3.63, 3.8) is 0 Å². The molecule has 0 amide bonds. The van der Waals surface area contributed by atoms with Crippen molar-refractivity contribution < 1.29 is 18.3 Å². The van der Waals surface area contributed by atoms with Crippen molar-refractivity contribution >= 4 is 15.6 Å². The second-order valence-corrected chi connectivity index (χ2v) is 5.23. The minimum absolute atomic E-state index is 0.110. The number of rotatable bonds is 4. The zero-order valence-electron chi connectivity index (χ0n) is 8.30. The van der Waals surface area contributed by atoms with Gasteiger partial charge in [-0.2, -0.15) is 0 Å². The molecule has 5 heteroatoms. The number of carbonyl (C=O) groups is 1. The number of ketones is 1. The molecule has 0 spiro atoms. The maximum Gasteiger partial charge on any atom is 0.180 e. The van der Waals surface area contributed by atoms with E-state index < -0.39 is 16.4 Å². The average molecular weight is 228 g/mol. The van der Waals surface area contributed by atoms with Crippen molar-refractivity contribution in [2.24, 2.45) is 0 Å². The molecule has 0 aromatic heterocycles. The molecule has 15 heavy (non-hydrogen) atoms. The molecule has 1 N–H and O–H groups in total. The predicted octanol–water partition coefficient (Wildman–Crippen LogP) is 0.655. The highest BCUT2D eigenvalue weighted by atomic mass is 32.2. The molecule has 1 aromatic rings. The van der Waals surface area contributed by atoms with Gasteiger partial charge in [0.1, 0.15) is 0 Å². The van der Waals surface area contributed by atoms with Gasteiger partial charge in [0.05, 0.1) is 17.3 Å². The fourth-order valence-corrected chi connectivity index (χ4v) is 2.16. The van der Waals surface area contributed by atoms with E-state index in [4.69, 9.17) is 5.11 Å². The Balaban J connectivity index is 3.04. The number of aliphatic hydroxyl groups excluding tert-OH is 1. The molecule has 0 saturated heterocycles. The summed E-state index contributed by atoms with van der Waals surface area (Å²) in [5.74, 6) is -0.409. The van der Waals surface area contributed by atoms with Crippen molar-refractivity contribution in [3.05, 3.63) is 29.8 Å². The van der Waals surface area contributed by atoms with Gasteiger partial charge in [-0.15, -0.1) is 0 Å². The summed E-state index contributed by atoms with van der Waals surface area (Å²) in [4.78, 5) is 11.1. The predicted molar refractivity (Wildman–Crippen MR) is 55.6 cm³/mol. The Kier molecular flexibility index (Phi) is 3.60. The third-order valence-corrected chi connectivity index (χ3v) is 3.69. The summed E-state index contributed by atoms with van der Waals surface area (Å²) >= 11 is 0. The highest BCUT2D eigenvalue weighted by Crippen LogP contribution is 2.12. The fourth-order valence-electron chi connectivity index (χ4n) is 1.14. The summed E-state index contributed by atoms with van der Waals surface area (Å²) in [5, 5.41) is 8.57. The third-order valence-electron chi connectivity index (χ3n) is 1.98. The van der Waals surface area contributed by atoms with Crippen LogP contribution in [0.5, 0.6) is 0 Å². The Bertz CT molecular complexity index is 445. The monoisotopic (exact) mass is 228 g/mol. The Labute approximate surface area is 88.5 Å². The van der Waals surface area contributed by atoms with Gasteiger partial charge >= 0.3 is 0 Å². The van der Waals surface area contributed by atoms with Crippen molar-refractivity contribution in [2.45, 2.75) is 11.8 Å². The van der Waals surface area contributed by atoms with Gasteiger partial charge < -0.3 is 5.11 Å². The van der Waals surface area contributed by atoms with E-state index in [1.165, 1.54) is 31.2 Å². The van der Waals surface area contributed by atoms with Crippen LogP contribution in [0.3, 0.4) is 0 Å². The van der Waals surface area contributed by atoms with Gasteiger partial charge in [0.2, 0.25) is 0 Å². The van der Waals surface area contributed by atoms with Crippen LogP contribution in [-0.4, -0.2) is 31.7 Å².